The smallest absolute Gasteiger partial charge is 0.146 e. The molecule has 0 unspecified atom stereocenters. The van der Waals surface area contributed by atoms with E-state index in [9.17, 15) is 4.39 Å². The second-order valence-corrected chi connectivity index (χ2v) is 8.45. The van der Waals surface area contributed by atoms with Crippen molar-refractivity contribution in [2.75, 3.05) is 0 Å². The first kappa shape index (κ1) is 20.4. The van der Waals surface area contributed by atoms with E-state index >= 15 is 0 Å². The van der Waals surface area contributed by atoms with Crippen LogP contribution in [0.4, 0.5) is 4.39 Å². The number of hydrogen-bond donors (Lipinski definition) is 0. The van der Waals surface area contributed by atoms with Gasteiger partial charge in [-0.25, -0.2) is 4.39 Å². The summed E-state index contributed by atoms with van der Waals surface area (Å²) in [5.41, 5.74) is 4.03. The number of benzene rings is 3. The first-order valence-corrected chi connectivity index (χ1v) is 11.1. The summed E-state index contributed by atoms with van der Waals surface area (Å²) in [5, 5.41) is 1.59. The van der Waals surface area contributed by atoms with E-state index in [1.807, 2.05) is 18.2 Å². The molecule has 0 spiro atoms. The van der Waals surface area contributed by atoms with Gasteiger partial charge in [-0.3, -0.25) is 0 Å². The Hall–Kier alpha value is -2.85. The van der Waals surface area contributed by atoms with Crippen LogP contribution in [0.15, 0.2) is 67.3 Å². The van der Waals surface area contributed by atoms with Gasteiger partial charge in [0.05, 0.1) is 5.56 Å². The lowest BCUT2D eigenvalue weighted by molar-refractivity contribution is 0.376. The summed E-state index contributed by atoms with van der Waals surface area (Å²) in [6, 6.07) is 18.3. The Morgan fingerprint density at radius 1 is 0.967 bits per heavy atom. The summed E-state index contributed by atoms with van der Waals surface area (Å²) >= 11 is 0. The second-order valence-electron chi connectivity index (χ2n) is 8.45. The van der Waals surface area contributed by atoms with Crippen molar-refractivity contribution in [2.45, 2.75) is 51.4 Å². The van der Waals surface area contributed by atoms with Gasteiger partial charge in [-0.2, -0.15) is 0 Å². The Balaban J connectivity index is 1.50. The minimum Gasteiger partial charge on any atom is -0.205 e. The van der Waals surface area contributed by atoms with Gasteiger partial charge in [0.15, 0.2) is 0 Å². The van der Waals surface area contributed by atoms with Crippen molar-refractivity contribution in [3.8, 4) is 11.8 Å². The molecule has 30 heavy (non-hydrogen) atoms. The van der Waals surface area contributed by atoms with E-state index in [1.165, 1.54) is 36.8 Å². The van der Waals surface area contributed by atoms with E-state index < -0.39 is 0 Å². The summed E-state index contributed by atoms with van der Waals surface area (Å²) in [4.78, 5) is 0. The number of rotatable bonds is 4. The Morgan fingerprint density at radius 3 is 2.43 bits per heavy atom. The fourth-order valence-corrected chi connectivity index (χ4v) is 4.55. The standard InChI is InChI=1S/C29H29F/c1-3-5-23-11-19-28-27(20-23)18-17-26(29(28)30)16-10-22-8-14-25(15-9-22)24-12-6-21(4-2)7-13-24/h4,8-9,11,14-15,17-21,24H,2-3,5-7,12-13H2,1H3. The van der Waals surface area contributed by atoms with Crippen molar-refractivity contribution in [1.82, 2.24) is 0 Å². The van der Waals surface area contributed by atoms with Crippen LogP contribution in [0.25, 0.3) is 10.8 Å². The van der Waals surface area contributed by atoms with Crippen LogP contribution in [0.1, 0.15) is 67.2 Å². The molecule has 1 aliphatic rings. The highest BCUT2D eigenvalue weighted by molar-refractivity contribution is 5.85. The third kappa shape index (κ3) is 4.49. The zero-order chi connectivity index (χ0) is 20.9. The molecule has 0 N–H and O–H groups in total. The highest BCUT2D eigenvalue weighted by atomic mass is 19.1. The maximum Gasteiger partial charge on any atom is 0.146 e. The Morgan fingerprint density at radius 2 is 1.73 bits per heavy atom. The van der Waals surface area contributed by atoms with Gasteiger partial charge in [0.2, 0.25) is 0 Å². The third-order valence-corrected chi connectivity index (χ3v) is 6.39. The molecule has 152 valence electrons. The maximum atomic E-state index is 14.9. The number of allylic oxidation sites excluding steroid dienone is 1. The number of hydrogen-bond acceptors (Lipinski definition) is 0. The molecule has 4 rings (SSSR count). The van der Waals surface area contributed by atoms with Crippen LogP contribution in [0.2, 0.25) is 0 Å². The molecular weight excluding hydrogens is 367 g/mol. The molecule has 1 aliphatic carbocycles. The normalized spacial score (nSPS) is 18.6. The number of halogens is 1. The van der Waals surface area contributed by atoms with Crippen molar-refractivity contribution < 1.29 is 4.39 Å². The van der Waals surface area contributed by atoms with Crippen LogP contribution >= 0.6 is 0 Å². The molecule has 0 saturated heterocycles. The molecule has 1 saturated carbocycles. The molecule has 1 fully saturated rings. The van der Waals surface area contributed by atoms with Crippen LogP contribution in [-0.2, 0) is 6.42 Å². The Bertz CT molecular complexity index is 1090. The summed E-state index contributed by atoms with van der Waals surface area (Å²) < 4.78 is 14.9. The first-order valence-electron chi connectivity index (χ1n) is 11.1. The van der Waals surface area contributed by atoms with E-state index in [2.05, 4.69) is 61.8 Å². The van der Waals surface area contributed by atoms with Crippen molar-refractivity contribution in [3.63, 3.8) is 0 Å². The summed E-state index contributed by atoms with van der Waals surface area (Å²) in [7, 11) is 0. The second kappa shape index (κ2) is 9.31. The van der Waals surface area contributed by atoms with Gasteiger partial charge < -0.3 is 0 Å². The Labute approximate surface area is 179 Å². The molecule has 0 aliphatic heterocycles. The van der Waals surface area contributed by atoms with Crippen LogP contribution in [-0.4, -0.2) is 0 Å². The fraction of sp³-hybridized carbons (Fsp3) is 0.310. The monoisotopic (exact) mass is 396 g/mol. The van der Waals surface area contributed by atoms with Crippen LogP contribution in [0, 0.1) is 23.6 Å². The SMILES string of the molecule is C=CC1CCC(c2ccc(C#Cc3ccc4cc(CCC)ccc4c3F)cc2)CC1. The molecule has 0 atom stereocenters. The van der Waals surface area contributed by atoms with Gasteiger partial charge in [0.1, 0.15) is 5.82 Å². The van der Waals surface area contributed by atoms with E-state index in [1.54, 1.807) is 6.07 Å². The summed E-state index contributed by atoms with van der Waals surface area (Å²) in [5.74, 6) is 7.27. The van der Waals surface area contributed by atoms with Crippen LogP contribution < -0.4 is 0 Å². The molecule has 0 heterocycles. The van der Waals surface area contributed by atoms with Gasteiger partial charge in [-0.05, 0) is 78.7 Å². The quantitative estimate of drug-likeness (QED) is 0.312. The minimum absolute atomic E-state index is 0.223. The van der Waals surface area contributed by atoms with Gasteiger partial charge in [-0.15, -0.1) is 6.58 Å². The highest BCUT2D eigenvalue weighted by Gasteiger charge is 2.20. The Kier molecular flexibility index (Phi) is 6.34. The highest BCUT2D eigenvalue weighted by Crippen LogP contribution is 2.36. The average molecular weight is 397 g/mol. The fourth-order valence-electron chi connectivity index (χ4n) is 4.55. The molecule has 0 aromatic heterocycles. The largest absolute Gasteiger partial charge is 0.205 e. The van der Waals surface area contributed by atoms with Gasteiger partial charge >= 0.3 is 0 Å². The average Bonchev–Trinajstić information content (AvgIpc) is 2.79. The minimum atomic E-state index is -0.223. The summed E-state index contributed by atoms with van der Waals surface area (Å²) in [6.07, 6.45) is 9.13. The van der Waals surface area contributed by atoms with Crippen molar-refractivity contribution >= 4 is 10.8 Å². The van der Waals surface area contributed by atoms with Crippen molar-refractivity contribution in [1.29, 1.82) is 0 Å². The van der Waals surface area contributed by atoms with E-state index in [4.69, 9.17) is 0 Å². The number of fused-ring (bicyclic) bond motifs is 1. The van der Waals surface area contributed by atoms with Crippen LogP contribution in [0.5, 0.6) is 0 Å². The molecular formula is C29H29F. The predicted molar refractivity (Wildman–Crippen MR) is 125 cm³/mol. The van der Waals surface area contributed by atoms with E-state index in [-0.39, 0.29) is 5.82 Å². The number of aryl methyl sites for hydroxylation is 1. The zero-order valence-electron chi connectivity index (χ0n) is 17.8. The van der Waals surface area contributed by atoms with E-state index in [0.717, 1.165) is 23.8 Å². The topological polar surface area (TPSA) is 0 Å². The van der Waals surface area contributed by atoms with Crippen LogP contribution in [0.3, 0.4) is 0 Å². The molecule has 0 amide bonds. The zero-order valence-corrected chi connectivity index (χ0v) is 17.8. The third-order valence-electron chi connectivity index (χ3n) is 6.39. The van der Waals surface area contributed by atoms with Crippen molar-refractivity contribution in [2.24, 2.45) is 5.92 Å². The summed E-state index contributed by atoms with van der Waals surface area (Å²) in [6.45, 7) is 6.09. The first-order chi connectivity index (χ1) is 14.7. The molecule has 1 heteroatoms. The molecule has 0 radical (unpaired) electrons. The molecule has 0 nitrogen and oxygen atoms in total. The molecule has 3 aromatic carbocycles. The van der Waals surface area contributed by atoms with Gasteiger partial charge in [0, 0.05) is 10.9 Å². The lowest BCUT2D eigenvalue weighted by atomic mass is 9.79. The van der Waals surface area contributed by atoms with Gasteiger partial charge in [-0.1, -0.05) is 67.7 Å². The lowest BCUT2D eigenvalue weighted by Crippen LogP contribution is -2.11. The van der Waals surface area contributed by atoms with Crippen molar-refractivity contribution in [3.05, 3.63) is 95.3 Å². The molecule has 0 bridgehead atoms. The lowest BCUT2D eigenvalue weighted by Gasteiger charge is -2.26. The van der Waals surface area contributed by atoms with E-state index in [0.29, 0.717) is 22.8 Å². The molecule has 3 aromatic rings. The maximum absolute atomic E-state index is 14.9. The van der Waals surface area contributed by atoms with Gasteiger partial charge in [0.25, 0.3) is 0 Å². The predicted octanol–water partition coefficient (Wildman–Crippen LogP) is 7.79.